The molecule has 1 aliphatic rings. The summed E-state index contributed by atoms with van der Waals surface area (Å²) in [7, 11) is 0. The zero-order valence-electron chi connectivity index (χ0n) is 20.3. The highest BCUT2D eigenvalue weighted by Gasteiger charge is 2.28. The molecular formula is C29H32N6O. The third kappa shape index (κ3) is 5.36. The van der Waals surface area contributed by atoms with Crippen LogP contribution in [-0.4, -0.2) is 27.4 Å². The monoisotopic (exact) mass is 480 g/mol. The zero-order chi connectivity index (χ0) is 24.9. The molecule has 1 aliphatic carbocycles. The fourth-order valence-corrected chi connectivity index (χ4v) is 5.11. The summed E-state index contributed by atoms with van der Waals surface area (Å²) in [5, 5.41) is 4.16. The van der Waals surface area contributed by atoms with E-state index in [4.69, 9.17) is 11.5 Å². The molecule has 0 radical (unpaired) electrons. The van der Waals surface area contributed by atoms with E-state index in [1.165, 1.54) is 6.33 Å². The van der Waals surface area contributed by atoms with Crippen LogP contribution in [0.15, 0.2) is 73.2 Å². The molecule has 5 rings (SSSR count). The summed E-state index contributed by atoms with van der Waals surface area (Å²) < 4.78 is 0. The summed E-state index contributed by atoms with van der Waals surface area (Å²) in [5.74, 6) is 1.14. The van der Waals surface area contributed by atoms with Gasteiger partial charge in [-0.1, -0.05) is 36.4 Å². The fraction of sp³-hybridized carbons (Fsp3) is 0.310. The van der Waals surface area contributed by atoms with Gasteiger partial charge in [-0.3, -0.25) is 9.78 Å². The summed E-state index contributed by atoms with van der Waals surface area (Å²) in [6.07, 6.45) is 7.76. The number of hydrogen-bond donors (Lipinski definition) is 3. The second-order valence-corrected chi connectivity index (χ2v) is 9.66. The highest BCUT2D eigenvalue weighted by Crippen LogP contribution is 2.30. The van der Waals surface area contributed by atoms with Crippen LogP contribution in [0.2, 0.25) is 0 Å². The van der Waals surface area contributed by atoms with Gasteiger partial charge in [0.2, 0.25) is 5.91 Å². The molecule has 5 N–H and O–H groups in total. The second kappa shape index (κ2) is 10.8. The molecule has 36 heavy (non-hydrogen) atoms. The van der Waals surface area contributed by atoms with Crippen LogP contribution in [0.1, 0.15) is 43.0 Å². The first-order valence-electron chi connectivity index (χ1n) is 12.6. The number of nitrogen functional groups attached to an aromatic ring is 1. The molecule has 1 amide bonds. The van der Waals surface area contributed by atoms with Crippen molar-refractivity contribution in [2.45, 2.75) is 38.1 Å². The first-order chi connectivity index (χ1) is 17.6. The van der Waals surface area contributed by atoms with E-state index in [0.717, 1.165) is 59.0 Å². The van der Waals surface area contributed by atoms with E-state index in [2.05, 4.69) is 38.5 Å². The predicted molar refractivity (Wildman–Crippen MR) is 143 cm³/mol. The van der Waals surface area contributed by atoms with Crippen molar-refractivity contribution in [3.63, 3.8) is 0 Å². The largest absolute Gasteiger partial charge is 0.383 e. The average Bonchev–Trinajstić information content (AvgIpc) is 2.93. The molecule has 2 aromatic carbocycles. The molecule has 2 heterocycles. The van der Waals surface area contributed by atoms with E-state index in [1.54, 1.807) is 6.20 Å². The van der Waals surface area contributed by atoms with Gasteiger partial charge in [0.1, 0.15) is 12.1 Å². The molecule has 1 unspecified atom stereocenters. The molecule has 0 bridgehead atoms. The molecule has 7 nitrogen and oxygen atoms in total. The van der Waals surface area contributed by atoms with Crippen molar-refractivity contribution in [3.8, 4) is 11.1 Å². The summed E-state index contributed by atoms with van der Waals surface area (Å²) in [6.45, 7) is 0.703. The van der Waals surface area contributed by atoms with Crippen LogP contribution in [-0.2, 0) is 11.2 Å². The minimum Gasteiger partial charge on any atom is -0.383 e. The molecule has 184 valence electrons. The lowest BCUT2D eigenvalue weighted by Crippen LogP contribution is -2.37. The molecule has 1 atom stereocenters. The maximum absolute atomic E-state index is 13.3. The van der Waals surface area contributed by atoms with Crippen molar-refractivity contribution in [1.82, 2.24) is 20.3 Å². The molecule has 2 aromatic heterocycles. The fourth-order valence-electron chi connectivity index (χ4n) is 5.11. The number of fused-ring (bicyclic) bond motifs is 1. The summed E-state index contributed by atoms with van der Waals surface area (Å²) in [5.41, 5.74) is 16.6. The maximum atomic E-state index is 13.3. The SMILES string of the molecule is NCC1CCC(C(=O)NC(Cc2ccccc2)c2cc(-c3ccc4c(N)ncnc4c3)ccn2)CC1. The third-order valence-electron chi connectivity index (χ3n) is 7.29. The second-order valence-electron chi connectivity index (χ2n) is 9.66. The van der Waals surface area contributed by atoms with E-state index < -0.39 is 0 Å². The number of hydrogen-bond acceptors (Lipinski definition) is 6. The number of amides is 1. The number of nitrogens with one attached hydrogen (secondary N) is 1. The lowest BCUT2D eigenvalue weighted by Gasteiger charge is -2.28. The van der Waals surface area contributed by atoms with Crippen LogP contribution in [0.25, 0.3) is 22.0 Å². The molecule has 7 heteroatoms. The number of pyridine rings is 1. The van der Waals surface area contributed by atoms with Crippen molar-refractivity contribution in [2.24, 2.45) is 17.6 Å². The number of carbonyl (C=O) groups is 1. The van der Waals surface area contributed by atoms with E-state index in [-0.39, 0.29) is 17.9 Å². The number of rotatable bonds is 7. The van der Waals surface area contributed by atoms with Gasteiger partial charge in [0.25, 0.3) is 0 Å². The van der Waals surface area contributed by atoms with Gasteiger partial charge >= 0.3 is 0 Å². The van der Waals surface area contributed by atoms with Gasteiger partial charge in [-0.05, 0) is 85.5 Å². The minimum atomic E-state index is -0.231. The Morgan fingerprint density at radius 2 is 1.72 bits per heavy atom. The Hall–Kier alpha value is -3.84. The normalized spacial score (nSPS) is 18.6. The average molecular weight is 481 g/mol. The summed E-state index contributed by atoms with van der Waals surface area (Å²) in [4.78, 5) is 26.4. The van der Waals surface area contributed by atoms with Crippen LogP contribution in [0.5, 0.6) is 0 Å². The van der Waals surface area contributed by atoms with Gasteiger partial charge in [0, 0.05) is 17.5 Å². The van der Waals surface area contributed by atoms with Gasteiger partial charge < -0.3 is 16.8 Å². The number of benzene rings is 2. The first-order valence-corrected chi connectivity index (χ1v) is 12.6. The number of nitrogens with two attached hydrogens (primary N) is 2. The van der Waals surface area contributed by atoms with Gasteiger partial charge in [-0.25, -0.2) is 9.97 Å². The molecule has 4 aromatic rings. The van der Waals surface area contributed by atoms with Crippen molar-refractivity contribution in [1.29, 1.82) is 0 Å². The van der Waals surface area contributed by atoms with Crippen molar-refractivity contribution >= 4 is 22.6 Å². The Kier molecular flexibility index (Phi) is 7.18. The lowest BCUT2D eigenvalue weighted by molar-refractivity contribution is -0.127. The smallest absolute Gasteiger partial charge is 0.223 e. The van der Waals surface area contributed by atoms with Crippen LogP contribution in [0.4, 0.5) is 5.82 Å². The lowest BCUT2D eigenvalue weighted by atomic mass is 9.81. The van der Waals surface area contributed by atoms with E-state index in [0.29, 0.717) is 24.7 Å². The number of aromatic nitrogens is 3. The highest BCUT2D eigenvalue weighted by molar-refractivity contribution is 5.91. The number of nitrogens with zero attached hydrogens (tertiary/aromatic N) is 3. The zero-order valence-corrected chi connectivity index (χ0v) is 20.3. The van der Waals surface area contributed by atoms with Gasteiger partial charge in [-0.2, -0.15) is 0 Å². The van der Waals surface area contributed by atoms with Gasteiger partial charge in [0.05, 0.1) is 17.3 Å². The maximum Gasteiger partial charge on any atom is 0.223 e. The Labute approximate surface area is 211 Å². The molecule has 1 fully saturated rings. The Morgan fingerprint density at radius 1 is 0.944 bits per heavy atom. The molecule has 0 aliphatic heterocycles. The Balaban J connectivity index is 1.42. The summed E-state index contributed by atoms with van der Waals surface area (Å²) in [6, 6.07) is 20.0. The molecule has 0 saturated heterocycles. The predicted octanol–water partition coefficient (Wildman–Crippen LogP) is 4.44. The third-order valence-corrected chi connectivity index (χ3v) is 7.29. The Morgan fingerprint density at radius 3 is 2.50 bits per heavy atom. The van der Waals surface area contributed by atoms with Crippen LogP contribution >= 0.6 is 0 Å². The minimum absolute atomic E-state index is 0.0277. The standard InChI is InChI=1S/C29H32N6O/c30-17-20-6-8-21(9-7-20)29(36)35-27(14-19-4-2-1-3-5-19)26-16-23(12-13-32-26)22-10-11-24-25(15-22)33-18-34-28(24)31/h1-5,10-13,15-16,18,20-21,27H,6-9,14,17,30H2,(H,35,36)(H2,31,33,34). The number of carbonyl (C=O) groups excluding carboxylic acids is 1. The Bertz CT molecular complexity index is 1330. The molecule has 0 spiro atoms. The number of anilines is 1. The topological polar surface area (TPSA) is 120 Å². The van der Waals surface area contributed by atoms with Crippen LogP contribution in [0.3, 0.4) is 0 Å². The summed E-state index contributed by atoms with van der Waals surface area (Å²) >= 11 is 0. The molecule has 1 saturated carbocycles. The van der Waals surface area contributed by atoms with E-state index in [1.807, 2.05) is 42.5 Å². The van der Waals surface area contributed by atoms with E-state index >= 15 is 0 Å². The van der Waals surface area contributed by atoms with Gasteiger partial charge in [0.15, 0.2) is 0 Å². The highest BCUT2D eigenvalue weighted by atomic mass is 16.1. The quantitative estimate of drug-likeness (QED) is 0.360. The van der Waals surface area contributed by atoms with Crippen molar-refractivity contribution < 1.29 is 4.79 Å². The van der Waals surface area contributed by atoms with E-state index in [9.17, 15) is 4.79 Å². The van der Waals surface area contributed by atoms with Crippen LogP contribution in [0, 0.1) is 11.8 Å². The van der Waals surface area contributed by atoms with Crippen LogP contribution < -0.4 is 16.8 Å². The van der Waals surface area contributed by atoms with Crippen molar-refractivity contribution in [2.75, 3.05) is 12.3 Å². The van der Waals surface area contributed by atoms with Gasteiger partial charge in [-0.15, -0.1) is 0 Å². The van der Waals surface area contributed by atoms with Crippen molar-refractivity contribution in [3.05, 3.63) is 84.4 Å². The molecular weight excluding hydrogens is 448 g/mol. The first kappa shape index (κ1) is 23.9.